The van der Waals surface area contributed by atoms with E-state index in [1.165, 1.54) is 10.9 Å². The van der Waals surface area contributed by atoms with E-state index in [4.69, 9.17) is 5.73 Å². The summed E-state index contributed by atoms with van der Waals surface area (Å²) in [6, 6.07) is 0. The Kier molecular flexibility index (Phi) is 2.70. The van der Waals surface area contributed by atoms with Crippen molar-refractivity contribution >= 4 is 15.8 Å². The standard InChI is InChI=1S/C10H18N4O2S/c1-10(2,7-4-5-7)13-17(15,16)9-8(11)12-6-14(9)3/h6-7,13H,4-5,11H2,1-3H3. The number of aryl methyl sites for hydroxylation is 1. The molecule has 1 aromatic rings. The molecule has 96 valence electrons. The first-order chi connectivity index (χ1) is 7.74. The minimum absolute atomic E-state index is 0.0335. The van der Waals surface area contributed by atoms with E-state index in [2.05, 4.69) is 9.71 Å². The first kappa shape index (κ1) is 12.4. The van der Waals surface area contributed by atoms with E-state index in [0.717, 1.165) is 12.8 Å². The first-order valence-corrected chi connectivity index (χ1v) is 7.03. The predicted molar refractivity (Wildman–Crippen MR) is 64.7 cm³/mol. The Morgan fingerprint density at radius 3 is 2.53 bits per heavy atom. The number of rotatable bonds is 4. The molecular formula is C10H18N4O2S. The van der Waals surface area contributed by atoms with Crippen LogP contribution >= 0.6 is 0 Å². The van der Waals surface area contributed by atoms with Crippen LogP contribution in [0.3, 0.4) is 0 Å². The second kappa shape index (κ2) is 3.71. The summed E-state index contributed by atoms with van der Waals surface area (Å²) in [5.74, 6) is 0.443. The number of anilines is 1. The second-order valence-electron chi connectivity index (χ2n) is 5.15. The summed E-state index contributed by atoms with van der Waals surface area (Å²) < 4.78 is 28.6. The van der Waals surface area contributed by atoms with Crippen LogP contribution < -0.4 is 10.5 Å². The number of sulfonamides is 1. The Hall–Kier alpha value is -1.08. The molecule has 1 aromatic heterocycles. The molecule has 3 N–H and O–H groups in total. The van der Waals surface area contributed by atoms with E-state index in [0.29, 0.717) is 5.92 Å². The number of nitrogens with one attached hydrogen (secondary N) is 1. The highest BCUT2D eigenvalue weighted by Gasteiger charge is 2.41. The molecule has 6 nitrogen and oxygen atoms in total. The van der Waals surface area contributed by atoms with Gasteiger partial charge in [-0.25, -0.2) is 18.1 Å². The maximum atomic E-state index is 12.2. The molecular weight excluding hydrogens is 240 g/mol. The molecule has 2 rings (SSSR count). The van der Waals surface area contributed by atoms with Crippen LogP contribution in [0, 0.1) is 5.92 Å². The molecule has 0 unspecified atom stereocenters. The Labute approximate surface area is 101 Å². The first-order valence-electron chi connectivity index (χ1n) is 5.55. The van der Waals surface area contributed by atoms with Crippen molar-refractivity contribution in [2.75, 3.05) is 5.73 Å². The summed E-state index contributed by atoms with van der Waals surface area (Å²) in [5.41, 5.74) is 5.15. The van der Waals surface area contributed by atoms with Crippen molar-refractivity contribution in [1.29, 1.82) is 0 Å². The highest BCUT2D eigenvalue weighted by Crippen LogP contribution is 2.40. The monoisotopic (exact) mass is 258 g/mol. The van der Waals surface area contributed by atoms with Gasteiger partial charge in [0.05, 0.1) is 6.33 Å². The summed E-state index contributed by atoms with van der Waals surface area (Å²) in [7, 11) is -2.00. The van der Waals surface area contributed by atoms with Gasteiger partial charge in [-0.2, -0.15) is 0 Å². The summed E-state index contributed by atoms with van der Waals surface area (Å²) >= 11 is 0. The smallest absolute Gasteiger partial charge is 0.260 e. The van der Waals surface area contributed by atoms with Gasteiger partial charge in [0.15, 0.2) is 10.8 Å². The van der Waals surface area contributed by atoms with Gasteiger partial charge in [0.25, 0.3) is 10.0 Å². The zero-order chi connectivity index (χ0) is 12.8. The molecule has 0 saturated heterocycles. The molecule has 1 saturated carbocycles. The second-order valence-corrected chi connectivity index (χ2v) is 6.75. The highest BCUT2D eigenvalue weighted by molar-refractivity contribution is 7.89. The summed E-state index contributed by atoms with van der Waals surface area (Å²) in [6.45, 7) is 3.80. The molecule has 1 aliphatic rings. The third-order valence-corrected chi connectivity index (χ3v) is 4.96. The predicted octanol–water partition coefficient (Wildman–Crippen LogP) is 0.469. The number of hydrogen-bond donors (Lipinski definition) is 2. The number of nitrogen functional groups attached to an aromatic ring is 1. The van der Waals surface area contributed by atoms with Crippen LogP contribution in [0.1, 0.15) is 26.7 Å². The van der Waals surface area contributed by atoms with Gasteiger partial charge in [-0.05, 0) is 32.6 Å². The van der Waals surface area contributed by atoms with Crippen molar-refractivity contribution in [1.82, 2.24) is 14.3 Å². The zero-order valence-corrected chi connectivity index (χ0v) is 11.1. The van der Waals surface area contributed by atoms with Gasteiger partial charge in [-0.1, -0.05) is 0 Å². The van der Waals surface area contributed by atoms with E-state index >= 15 is 0 Å². The van der Waals surface area contributed by atoms with Crippen LogP contribution in [-0.2, 0) is 17.1 Å². The Morgan fingerprint density at radius 2 is 2.12 bits per heavy atom. The maximum absolute atomic E-state index is 12.2. The van der Waals surface area contributed by atoms with Gasteiger partial charge in [0.2, 0.25) is 0 Å². The van der Waals surface area contributed by atoms with Crippen molar-refractivity contribution in [2.24, 2.45) is 13.0 Å². The van der Waals surface area contributed by atoms with Gasteiger partial charge in [-0.3, -0.25) is 0 Å². The number of nitrogens with two attached hydrogens (primary N) is 1. The van der Waals surface area contributed by atoms with E-state index in [-0.39, 0.29) is 10.8 Å². The normalized spacial score (nSPS) is 17.4. The fourth-order valence-electron chi connectivity index (χ4n) is 2.05. The topological polar surface area (TPSA) is 90.0 Å². The summed E-state index contributed by atoms with van der Waals surface area (Å²) in [5, 5.41) is 0.0335. The molecule has 1 aliphatic carbocycles. The maximum Gasteiger partial charge on any atom is 0.260 e. The molecule has 0 aliphatic heterocycles. The fraction of sp³-hybridized carbons (Fsp3) is 0.700. The Bertz CT molecular complexity index is 509. The molecule has 7 heteroatoms. The van der Waals surface area contributed by atoms with Crippen LogP contribution in [-0.4, -0.2) is 23.5 Å². The molecule has 17 heavy (non-hydrogen) atoms. The number of aromatic nitrogens is 2. The van der Waals surface area contributed by atoms with Crippen LogP contribution in [0.5, 0.6) is 0 Å². The number of imidazole rings is 1. The quantitative estimate of drug-likeness (QED) is 0.821. The van der Waals surface area contributed by atoms with Crippen LogP contribution in [0.15, 0.2) is 11.4 Å². The van der Waals surface area contributed by atoms with E-state index in [9.17, 15) is 8.42 Å². The van der Waals surface area contributed by atoms with Gasteiger partial charge in [-0.15, -0.1) is 0 Å². The lowest BCUT2D eigenvalue weighted by molar-refractivity contribution is 0.399. The molecule has 0 bridgehead atoms. The molecule has 0 spiro atoms. The molecule has 0 amide bonds. The third kappa shape index (κ3) is 2.30. The molecule has 0 radical (unpaired) electrons. The van der Waals surface area contributed by atoms with E-state index in [1.54, 1.807) is 7.05 Å². The van der Waals surface area contributed by atoms with Crippen molar-refractivity contribution in [3.8, 4) is 0 Å². The minimum atomic E-state index is -3.62. The number of hydrogen-bond acceptors (Lipinski definition) is 4. The average Bonchev–Trinajstić information content (AvgIpc) is 2.92. The molecule has 0 atom stereocenters. The molecule has 1 heterocycles. The SMILES string of the molecule is Cn1cnc(N)c1S(=O)(=O)NC(C)(C)C1CC1. The van der Waals surface area contributed by atoms with Gasteiger partial charge in [0.1, 0.15) is 0 Å². The van der Waals surface area contributed by atoms with Crippen LogP contribution in [0.4, 0.5) is 5.82 Å². The molecule has 1 fully saturated rings. The van der Waals surface area contributed by atoms with Crippen molar-refractivity contribution < 1.29 is 8.42 Å². The van der Waals surface area contributed by atoms with Crippen LogP contribution in [0.25, 0.3) is 0 Å². The van der Waals surface area contributed by atoms with Gasteiger partial charge >= 0.3 is 0 Å². The highest BCUT2D eigenvalue weighted by atomic mass is 32.2. The lowest BCUT2D eigenvalue weighted by atomic mass is 10.0. The average molecular weight is 258 g/mol. The molecule has 0 aromatic carbocycles. The fourth-order valence-corrected chi connectivity index (χ4v) is 3.76. The van der Waals surface area contributed by atoms with Crippen molar-refractivity contribution in [3.05, 3.63) is 6.33 Å². The van der Waals surface area contributed by atoms with Gasteiger partial charge in [0, 0.05) is 12.6 Å². The van der Waals surface area contributed by atoms with Crippen molar-refractivity contribution in [3.63, 3.8) is 0 Å². The summed E-state index contributed by atoms with van der Waals surface area (Å²) in [4.78, 5) is 3.79. The lowest BCUT2D eigenvalue weighted by Crippen LogP contribution is -2.45. The zero-order valence-electron chi connectivity index (χ0n) is 10.3. The lowest BCUT2D eigenvalue weighted by Gasteiger charge is -2.25. The van der Waals surface area contributed by atoms with Gasteiger partial charge < -0.3 is 10.3 Å². The largest absolute Gasteiger partial charge is 0.381 e. The van der Waals surface area contributed by atoms with E-state index in [1.807, 2.05) is 13.8 Å². The Balaban J connectivity index is 2.31. The third-order valence-electron chi connectivity index (χ3n) is 3.16. The minimum Gasteiger partial charge on any atom is -0.381 e. The van der Waals surface area contributed by atoms with Crippen LogP contribution in [0.2, 0.25) is 0 Å². The van der Waals surface area contributed by atoms with E-state index < -0.39 is 15.6 Å². The number of nitrogens with zero attached hydrogens (tertiary/aromatic N) is 2. The summed E-state index contributed by atoms with van der Waals surface area (Å²) in [6.07, 6.45) is 3.53. The van der Waals surface area contributed by atoms with Crippen molar-refractivity contribution in [2.45, 2.75) is 37.3 Å². The Morgan fingerprint density at radius 1 is 1.53 bits per heavy atom.